The minimum absolute atomic E-state index is 0. The van der Waals surface area contributed by atoms with Crippen LogP contribution >= 0.6 is 24.8 Å². The van der Waals surface area contributed by atoms with E-state index in [9.17, 15) is 9.59 Å². The highest BCUT2D eigenvalue weighted by atomic mass is 35.5. The molecule has 2 amide bonds. The fourth-order valence-electron chi connectivity index (χ4n) is 3.75. The van der Waals surface area contributed by atoms with Crippen LogP contribution in [0.5, 0.6) is 0 Å². The molecule has 1 aliphatic carbocycles. The third-order valence-electron chi connectivity index (χ3n) is 5.32. The number of amides is 2. The number of benzene rings is 1. The van der Waals surface area contributed by atoms with Gasteiger partial charge in [-0.05, 0) is 31.0 Å². The lowest BCUT2D eigenvalue weighted by Crippen LogP contribution is -2.36. The first-order valence-electron chi connectivity index (χ1n) is 9.80. The molecule has 28 heavy (non-hydrogen) atoms. The number of fused-ring (bicyclic) bond motifs is 1. The van der Waals surface area contributed by atoms with Crippen LogP contribution in [0.2, 0.25) is 0 Å². The van der Waals surface area contributed by atoms with E-state index < -0.39 is 0 Å². The smallest absolute Gasteiger partial charge is 0.251 e. The topological polar surface area (TPSA) is 73.5 Å². The van der Waals surface area contributed by atoms with E-state index in [1.165, 1.54) is 38.5 Å². The first-order chi connectivity index (χ1) is 12.6. The van der Waals surface area contributed by atoms with E-state index in [1.54, 1.807) is 6.07 Å². The number of nitrogens with one attached hydrogen (secondary N) is 3. The molecule has 0 spiro atoms. The zero-order valence-corrected chi connectivity index (χ0v) is 18.1. The molecule has 3 N–H and O–H groups in total. The fourth-order valence-corrected chi connectivity index (χ4v) is 3.75. The molecular weight excluding hydrogens is 399 g/mol. The van der Waals surface area contributed by atoms with Crippen LogP contribution in [0.15, 0.2) is 18.2 Å². The Morgan fingerprint density at radius 2 is 1.86 bits per heavy atom. The van der Waals surface area contributed by atoms with Crippen molar-refractivity contribution in [1.82, 2.24) is 10.6 Å². The summed E-state index contributed by atoms with van der Waals surface area (Å²) in [5.41, 5.74) is 2.23. The lowest BCUT2D eigenvalue weighted by atomic mass is 10.1. The lowest BCUT2D eigenvalue weighted by molar-refractivity contribution is -0.115. The summed E-state index contributed by atoms with van der Waals surface area (Å²) in [6.07, 6.45) is 8.24. The highest BCUT2D eigenvalue weighted by molar-refractivity contribution is 6.00. The van der Waals surface area contributed by atoms with E-state index in [1.807, 2.05) is 24.1 Å². The SMILES string of the molecule is CN1CCC(=O)Nc2cc(C(=O)NCCNC3CCCCCC3)ccc21.Cl.Cl. The third kappa shape index (κ3) is 6.83. The number of nitrogens with zero attached hydrogens (tertiary/aromatic N) is 1. The highest BCUT2D eigenvalue weighted by Crippen LogP contribution is 2.28. The zero-order chi connectivity index (χ0) is 18.4. The van der Waals surface area contributed by atoms with Crippen molar-refractivity contribution in [2.75, 3.05) is 36.9 Å². The molecule has 1 saturated carbocycles. The molecule has 0 saturated heterocycles. The van der Waals surface area contributed by atoms with Gasteiger partial charge in [0.1, 0.15) is 0 Å². The van der Waals surface area contributed by atoms with Gasteiger partial charge >= 0.3 is 0 Å². The lowest BCUT2D eigenvalue weighted by Gasteiger charge is -2.19. The van der Waals surface area contributed by atoms with E-state index in [-0.39, 0.29) is 36.6 Å². The summed E-state index contributed by atoms with van der Waals surface area (Å²) in [4.78, 5) is 26.3. The molecule has 1 heterocycles. The standard InChI is InChI=1S/C20H30N4O2.2ClH/c1-24-13-10-19(25)23-17-14-15(8-9-18(17)24)20(26)22-12-11-21-16-6-4-2-3-5-7-16;;/h8-9,14,16,21H,2-7,10-13H2,1H3,(H,22,26)(H,23,25);2*1H. The molecule has 0 unspecified atom stereocenters. The molecule has 0 radical (unpaired) electrons. The number of halogens is 2. The molecule has 1 aromatic carbocycles. The second-order valence-electron chi connectivity index (χ2n) is 7.35. The Hall–Kier alpha value is -1.50. The van der Waals surface area contributed by atoms with Crippen LogP contribution < -0.4 is 20.9 Å². The Kier molecular flexibility index (Phi) is 10.6. The molecule has 0 aromatic heterocycles. The molecule has 6 nitrogen and oxygen atoms in total. The quantitative estimate of drug-likeness (QED) is 0.494. The van der Waals surface area contributed by atoms with Gasteiger partial charge in [0.05, 0.1) is 11.4 Å². The van der Waals surface area contributed by atoms with Crippen molar-refractivity contribution in [3.63, 3.8) is 0 Å². The molecule has 1 aliphatic heterocycles. The van der Waals surface area contributed by atoms with Gasteiger partial charge in [0.15, 0.2) is 0 Å². The van der Waals surface area contributed by atoms with Gasteiger partial charge < -0.3 is 20.9 Å². The van der Waals surface area contributed by atoms with Crippen molar-refractivity contribution >= 4 is 48.0 Å². The zero-order valence-electron chi connectivity index (χ0n) is 16.5. The van der Waals surface area contributed by atoms with Gasteiger partial charge in [0.2, 0.25) is 5.91 Å². The van der Waals surface area contributed by atoms with Crippen molar-refractivity contribution < 1.29 is 9.59 Å². The van der Waals surface area contributed by atoms with Gasteiger partial charge in [0, 0.05) is 44.7 Å². The van der Waals surface area contributed by atoms with Gasteiger partial charge in [-0.15, -0.1) is 24.8 Å². The highest BCUT2D eigenvalue weighted by Gasteiger charge is 2.18. The number of anilines is 2. The summed E-state index contributed by atoms with van der Waals surface area (Å²) in [7, 11) is 1.96. The normalized spacial score (nSPS) is 17.2. The van der Waals surface area contributed by atoms with Crippen LogP contribution in [0.25, 0.3) is 0 Å². The summed E-state index contributed by atoms with van der Waals surface area (Å²) in [6.45, 7) is 2.08. The van der Waals surface area contributed by atoms with Crippen LogP contribution in [0.4, 0.5) is 11.4 Å². The Morgan fingerprint density at radius 1 is 1.14 bits per heavy atom. The van der Waals surface area contributed by atoms with E-state index in [4.69, 9.17) is 0 Å². The summed E-state index contributed by atoms with van der Waals surface area (Å²) >= 11 is 0. The maximum absolute atomic E-state index is 12.4. The second-order valence-corrected chi connectivity index (χ2v) is 7.35. The molecule has 8 heteroatoms. The minimum atomic E-state index is -0.100. The first-order valence-corrected chi connectivity index (χ1v) is 9.80. The third-order valence-corrected chi connectivity index (χ3v) is 5.32. The maximum atomic E-state index is 12.4. The van der Waals surface area contributed by atoms with Gasteiger partial charge in [-0.25, -0.2) is 0 Å². The molecule has 1 fully saturated rings. The Labute approximate surface area is 180 Å². The summed E-state index contributed by atoms with van der Waals surface area (Å²) in [5, 5.41) is 9.42. The van der Waals surface area contributed by atoms with Crippen LogP contribution in [0, 0.1) is 0 Å². The Balaban J connectivity index is 0.00000196. The van der Waals surface area contributed by atoms with Crippen molar-refractivity contribution in [3.8, 4) is 0 Å². The van der Waals surface area contributed by atoms with Gasteiger partial charge in [0.25, 0.3) is 5.91 Å². The molecule has 3 rings (SSSR count). The van der Waals surface area contributed by atoms with Crippen LogP contribution in [0.3, 0.4) is 0 Å². The first kappa shape index (κ1) is 24.5. The molecular formula is C20H32Cl2N4O2. The Bertz CT molecular complexity index is 649. The second kappa shape index (κ2) is 12.1. The van der Waals surface area contributed by atoms with E-state index in [2.05, 4.69) is 16.0 Å². The predicted octanol–water partition coefficient (Wildman–Crippen LogP) is 3.35. The van der Waals surface area contributed by atoms with Gasteiger partial charge in [-0.3, -0.25) is 9.59 Å². The van der Waals surface area contributed by atoms with E-state index in [0.29, 0.717) is 36.8 Å². The predicted molar refractivity (Wildman–Crippen MR) is 119 cm³/mol. The van der Waals surface area contributed by atoms with Crippen molar-refractivity contribution in [3.05, 3.63) is 23.8 Å². The van der Waals surface area contributed by atoms with Crippen molar-refractivity contribution in [2.45, 2.75) is 51.0 Å². The van der Waals surface area contributed by atoms with Crippen LogP contribution in [-0.2, 0) is 4.79 Å². The van der Waals surface area contributed by atoms with E-state index >= 15 is 0 Å². The molecule has 2 aliphatic rings. The average molecular weight is 431 g/mol. The molecule has 1 aromatic rings. The maximum Gasteiger partial charge on any atom is 0.251 e. The largest absolute Gasteiger partial charge is 0.372 e. The van der Waals surface area contributed by atoms with Crippen LogP contribution in [-0.4, -0.2) is 44.5 Å². The number of hydrogen-bond donors (Lipinski definition) is 3. The number of carbonyl (C=O) groups excluding carboxylic acids is 2. The van der Waals surface area contributed by atoms with Crippen LogP contribution in [0.1, 0.15) is 55.3 Å². The minimum Gasteiger partial charge on any atom is -0.372 e. The average Bonchev–Trinajstić information content (AvgIpc) is 2.98. The van der Waals surface area contributed by atoms with Crippen molar-refractivity contribution in [2.24, 2.45) is 0 Å². The van der Waals surface area contributed by atoms with Gasteiger partial charge in [-0.2, -0.15) is 0 Å². The number of hydrogen-bond acceptors (Lipinski definition) is 4. The number of rotatable bonds is 5. The van der Waals surface area contributed by atoms with Gasteiger partial charge in [-0.1, -0.05) is 25.7 Å². The molecule has 0 bridgehead atoms. The fraction of sp³-hybridized carbons (Fsp3) is 0.600. The summed E-state index contributed by atoms with van der Waals surface area (Å²) in [6, 6.07) is 6.08. The molecule has 158 valence electrons. The Morgan fingerprint density at radius 3 is 2.57 bits per heavy atom. The van der Waals surface area contributed by atoms with Crippen molar-refractivity contribution in [1.29, 1.82) is 0 Å². The summed E-state index contributed by atoms with van der Waals surface area (Å²) in [5.74, 6) is -0.114. The summed E-state index contributed by atoms with van der Waals surface area (Å²) < 4.78 is 0. The molecule has 0 atom stereocenters. The monoisotopic (exact) mass is 430 g/mol. The van der Waals surface area contributed by atoms with E-state index in [0.717, 1.165) is 12.2 Å². The number of carbonyl (C=O) groups is 2.